The number of amides is 1. The molecule has 0 bridgehead atoms. The first-order valence-electron chi connectivity index (χ1n) is 11.0. The number of hydrogen-bond donors (Lipinski definition) is 1. The van der Waals surface area contributed by atoms with Gasteiger partial charge in [0.05, 0.1) is 11.0 Å². The fourth-order valence-electron chi connectivity index (χ4n) is 3.93. The molecule has 5 rings (SSSR count). The number of nitrogens with zero attached hydrogens (tertiary/aromatic N) is 4. The Labute approximate surface area is 196 Å². The third-order valence-electron chi connectivity index (χ3n) is 5.60. The van der Waals surface area contributed by atoms with Crippen molar-refractivity contribution >= 4 is 40.0 Å². The van der Waals surface area contributed by atoms with Gasteiger partial charge in [-0.2, -0.15) is 5.26 Å². The first-order chi connectivity index (χ1) is 16.7. The van der Waals surface area contributed by atoms with Gasteiger partial charge < -0.3 is 9.88 Å². The number of carbonyl (C=O) groups excluding carboxylic acids is 1. The maximum Gasteiger partial charge on any atom is 0.249 e. The minimum absolute atomic E-state index is 0.308. The van der Waals surface area contributed by atoms with E-state index in [1.807, 2.05) is 77.4 Å². The number of benzene rings is 3. The first-order valence-corrected chi connectivity index (χ1v) is 11.0. The smallest absolute Gasteiger partial charge is 0.249 e. The molecule has 0 atom stereocenters. The van der Waals surface area contributed by atoms with Crippen LogP contribution in [-0.2, 0) is 17.8 Å². The summed E-state index contributed by atoms with van der Waals surface area (Å²) in [6.07, 6.45) is 3.92. The van der Waals surface area contributed by atoms with E-state index in [2.05, 4.69) is 23.5 Å². The summed E-state index contributed by atoms with van der Waals surface area (Å²) in [6, 6.07) is 29.4. The molecule has 0 saturated heterocycles. The summed E-state index contributed by atoms with van der Waals surface area (Å²) in [6.45, 7) is 0.535. The number of nitrogens with one attached hydrogen (secondary N) is 1. The van der Waals surface area contributed by atoms with Gasteiger partial charge in [-0.3, -0.25) is 4.79 Å². The van der Waals surface area contributed by atoms with Crippen molar-refractivity contribution in [1.29, 1.82) is 5.26 Å². The Bertz CT molecular complexity index is 1550. The van der Waals surface area contributed by atoms with Gasteiger partial charge in [-0.15, -0.1) is 0 Å². The number of aryl methyl sites for hydroxylation is 2. The van der Waals surface area contributed by atoms with E-state index < -0.39 is 0 Å². The third kappa shape index (κ3) is 4.27. The highest BCUT2D eigenvalue weighted by Gasteiger charge is 2.21. The van der Waals surface area contributed by atoms with Crippen molar-refractivity contribution in [2.45, 2.75) is 13.0 Å². The zero-order valence-electron chi connectivity index (χ0n) is 18.3. The highest BCUT2D eigenvalue weighted by molar-refractivity contribution is 6.05. The van der Waals surface area contributed by atoms with Crippen LogP contribution in [0, 0.1) is 11.3 Å². The second-order valence-corrected chi connectivity index (χ2v) is 7.84. The van der Waals surface area contributed by atoms with Crippen molar-refractivity contribution in [2.75, 3.05) is 5.32 Å². The van der Waals surface area contributed by atoms with Gasteiger partial charge in [-0.05, 0) is 35.8 Å². The van der Waals surface area contributed by atoms with E-state index in [1.54, 1.807) is 6.08 Å². The summed E-state index contributed by atoms with van der Waals surface area (Å²) >= 11 is 0. The van der Waals surface area contributed by atoms with Gasteiger partial charge in [0, 0.05) is 12.6 Å². The number of nitriles is 1. The summed E-state index contributed by atoms with van der Waals surface area (Å²) in [7, 11) is 0. The standard InChI is InChI=1S/C28H21N5O/c29-19-22-26-28(31-24-14-8-7-13-23(24)30-26)33(18-17-21-11-5-2-6-12-21)27(22)32-25(34)16-15-20-9-3-1-4-10-20/h1-16H,17-18H2,(H,32,34)/b16-15+. The van der Waals surface area contributed by atoms with E-state index in [1.165, 1.54) is 6.08 Å². The van der Waals surface area contributed by atoms with Crippen LogP contribution in [0.5, 0.6) is 0 Å². The van der Waals surface area contributed by atoms with Crippen molar-refractivity contribution < 1.29 is 4.79 Å². The molecule has 5 aromatic rings. The summed E-state index contributed by atoms with van der Waals surface area (Å²) in [5.41, 5.74) is 4.87. The molecule has 1 amide bonds. The fraction of sp³-hybridized carbons (Fsp3) is 0.0714. The second-order valence-electron chi connectivity index (χ2n) is 7.84. The molecule has 0 aliphatic heterocycles. The monoisotopic (exact) mass is 443 g/mol. The van der Waals surface area contributed by atoms with Gasteiger partial charge in [0.2, 0.25) is 5.91 Å². The van der Waals surface area contributed by atoms with E-state index >= 15 is 0 Å². The van der Waals surface area contributed by atoms with Crippen LogP contribution >= 0.6 is 0 Å². The molecule has 0 saturated carbocycles. The average molecular weight is 444 g/mol. The average Bonchev–Trinajstić information content (AvgIpc) is 3.16. The number of carbonyl (C=O) groups is 1. The van der Waals surface area contributed by atoms with Crippen LogP contribution in [0.15, 0.2) is 91.0 Å². The molecule has 6 nitrogen and oxygen atoms in total. The maximum absolute atomic E-state index is 12.8. The highest BCUT2D eigenvalue weighted by Crippen LogP contribution is 2.29. The van der Waals surface area contributed by atoms with Gasteiger partial charge in [0.1, 0.15) is 23.0 Å². The van der Waals surface area contributed by atoms with Crippen LogP contribution < -0.4 is 5.32 Å². The van der Waals surface area contributed by atoms with E-state index in [4.69, 9.17) is 9.97 Å². The number of anilines is 1. The zero-order chi connectivity index (χ0) is 23.3. The number of para-hydroxylation sites is 2. The number of hydrogen-bond acceptors (Lipinski definition) is 4. The summed E-state index contributed by atoms with van der Waals surface area (Å²) < 4.78 is 1.88. The molecule has 0 unspecified atom stereocenters. The molecule has 0 aliphatic carbocycles. The van der Waals surface area contributed by atoms with Gasteiger partial charge in [-0.1, -0.05) is 72.8 Å². The Hall–Kier alpha value is -4.76. The van der Waals surface area contributed by atoms with Gasteiger partial charge in [0.25, 0.3) is 0 Å². The van der Waals surface area contributed by atoms with Gasteiger partial charge >= 0.3 is 0 Å². The van der Waals surface area contributed by atoms with E-state index in [0.29, 0.717) is 41.0 Å². The second kappa shape index (κ2) is 9.39. The molecule has 1 N–H and O–H groups in total. The predicted octanol–water partition coefficient (Wildman–Crippen LogP) is 5.35. The molecule has 0 spiro atoms. The molecule has 164 valence electrons. The molecule has 6 heteroatoms. The zero-order valence-corrected chi connectivity index (χ0v) is 18.3. The van der Waals surface area contributed by atoms with Crippen molar-refractivity contribution in [3.63, 3.8) is 0 Å². The lowest BCUT2D eigenvalue weighted by Gasteiger charge is -2.11. The first kappa shape index (κ1) is 21.1. The summed E-state index contributed by atoms with van der Waals surface area (Å²) in [5, 5.41) is 12.9. The van der Waals surface area contributed by atoms with Crippen molar-refractivity contribution in [2.24, 2.45) is 0 Å². The molecular weight excluding hydrogens is 422 g/mol. The number of fused-ring (bicyclic) bond motifs is 2. The molecule has 3 aromatic carbocycles. The molecule has 0 fully saturated rings. The van der Waals surface area contributed by atoms with Gasteiger partial charge in [-0.25, -0.2) is 9.97 Å². The Balaban J connectivity index is 1.57. The quantitative estimate of drug-likeness (QED) is 0.359. The van der Waals surface area contributed by atoms with Crippen molar-refractivity contribution in [3.05, 3.63) is 108 Å². The maximum atomic E-state index is 12.8. The lowest BCUT2D eigenvalue weighted by atomic mass is 10.1. The molecule has 0 radical (unpaired) electrons. The molecule has 2 aromatic heterocycles. The molecule has 0 aliphatic rings. The van der Waals surface area contributed by atoms with Crippen LogP contribution in [0.25, 0.3) is 28.3 Å². The van der Waals surface area contributed by atoms with Crippen LogP contribution in [0.1, 0.15) is 16.7 Å². The minimum Gasteiger partial charge on any atom is -0.309 e. The van der Waals surface area contributed by atoms with Crippen LogP contribution in [0.2, 0.25) is 0 Å². The number of aromatic nitrogens is 3. The summed E-state index contributed by atoms with van der Waals surface area (Å²) in [5.74, 6) is 0.0834. The van der Waals surface area contributed by atoms with Crippen LogP contribution in [-0.4, -0.2) is 20.4 Å². The normalized spacial score (nSPS) is 11.1. The molecule has 34 heavy (non-hydrogen) atoms. The van der Waals surface area contributed by atoms with Gasteiger partial charge in [0.15, 0.2) is 5.65 Å². The Morgan fingerprint density at radius 3 is 2.26 bits per heavy atom. The van der Waals surface area contributed by atoms with E-state index in [-0.39, 0.29) is 5.91 Å². The molecular formula is C28H21N5O. The largest absolute Gasteiger partial charge is 0.309 e. The lowest BCUT2D eigenvalue weighted by molar-refractivity contribution is -0.111. The van der Waals surface area contributed by atoms with Crippen LogP contribution in [0.4, 0.5) is 5.82 Å². The number of rotatable bonds is 6. The third-order valence-corrected chi connectivity index (χ3v) is 5.60. The molecule has 2 heterocycles. The minimum atomic E-state index is -0.325. The fourth-order valence-corrected chi connectivity index (χ4v) is 3.93. The summed E-state index contributed by atoms with van der Waals surface area (Å²) in [4.78, 5) is 22.3. The topological polar surface area (TPSA) is 83.6 Å². The van der Waals surface area contributed by atoms with E-state index in [9.17, 15) is 10.1 Å². The Morgan fingerprint density at radius 1 is 0.912 bits per heavy atom. The highest BCUT2D eigenvalue weighted by atomic mass is 16.1. The Kier molecular flexibility index (Phi) is 5.83. The SMILES string of the molecule is N#Cc1c(NC(=O)/C=C/c2ccccc2)n(CCc2ccccc2)c2nc3ccccc3nc12. The van der Waals surface area contributed by atoms with Crippen molar-refractivity contribution in [1.82, 2.24) is 14.5 Å². The van der Waals surface area contributed by atoms with Crippen molar-refractivity contribution in [3.8, 4) is 6.07 Å². The lowest BCUT2D eigenvalue weighted by Crippen LogP contribution is -2.14. The van der Waals surface area contributed by atoms with Crippen LogP contribution in [0.3, 0.4) is 0 Å². The predicted molar refractivity (Wildman–Crippen MR) is 134 cm³/mol. The van der Waals surface area contributed by atoms with E-state index in [0.717, 1.165) is 16.6 Å². The Morgan fingerprint density at radius 2 is 1.56 bits per heavy atom.